The normalized spacial score (nSPS) is 9.06. The maximum absolute atomic E-state index is 8.88. The van der Waals surface area contributed by atoms with Gasteiger partial charge in [-0.25, -0.2) is 9.13 Å². The van der Waals surface area contributed by atoms with Crippen molar-refractivity contribution < 1.29 is 207 Å². The first-order valence-electron chi connectivity index (χ1n) is 8.41. The topological polar surface area (TPSA) is 765 Å². The van der Waals surface area contributed by atoms with E-state index >= 15 is 0 Å². The van der Waals surface area contributed by atoms with E-state index in [0.717, 1.165) is 0 Å². The minimum absolute atomic E-state index is 2.25. The van der Waals surface area contributed by atoms with Crippen molar-refractivity contribution in [1.29, 1.82) is 0 Å². The molecule has 0 rings (SSSR count). The van der Waals surface area contributed by atoms with Crippen molar-refractivity contribution in [1.82, 2.24) is 0 Å². The van der Waals surface area contributed by atoms with Gasteiger partial charge in [0.15, 0.2) is 0 Å². The van der Waals surface area contributed by atoms with Crippen LogP contribution in [0.2, 0.25) is 0 Å². The predicted molar refractivity (Wildman–Crippen MR) is 164 cm³/mol. The molecule has 0 aromatic heterocycles. The number of rotatable bonds is 0. The van der Waals surface area contributed by atoms with Crippen LogP contribution in [0, 0.1) is 0 Å². The average molecular weight is 1230 g/mol. The molecule has 0 aliphatic rings. The average Bonchev–Trinajstić information content (AvgIpc) is 2.67. The number of hydrogen-bond donors (Lipinski definition) is 26. The third-order valence-corrected chi connectivity index (χ3v) is 0. The summed E-state index contributed by atoms with van der Waals surface area (Å²) in [6, 6.07) is 0. The Morgan fingerprint density at radius 3 is 0.245 bits per heavy atom. The molecule has 53 heavy (non-hydrogen) atoms. The SMILES string of the molecule is O=P(O)(O)O.O=P(O)(O)O.O=[PH](O)O.O=[PH](O)O.O=[PH](O)O.O=[PH](O)O.O=[PH](O)O.O=[PH](O)O.O=[PH](O)O.O=[PH](O)O.O=[PH](O)O.O=[PH](O)O.[O]=[W]=[O]. The van der Waals surface area contributed by atoms with E-state index in [1.165, 1.54) is 0 Å². The Bertz CT molecular complexity index is 803. The van der Waals surface area contributed by atoms with Crippen LogP contribution >= 0.6 is 98.2 Å². The molecule has 0 spiro atoms. The second-order valence-corrected chi connectivity index (χ2v) is 12.1. The third kappa shape index (κ3) is 36200. The zero-order valence-corrected chi connectivity index (χ0v) is 38.4. The maximum atomic E-state index is 8.88. The molecule has 342 valence electrons. The van der Waals surface area contributed by atoms with Gasteiger partial charge in [-0.05, 0) is 0 Å². The fourth-order valence-corrected chi connectivity index (χ4v) is 0. The fraction of sp³-hybridized carbons (Fsp3) is 0. The summed E-state index contributed by atoms with van der Waals surface area (Å²) in [6.07, 6.45) is 0. The van der Waals surface area contributed by atoms with Gasteiger partial charge in [0.25, 0.3) is 0 Å². The van der Waals surface area contributed by atoms with Gasteiger partial charge in [0.1, 0.15) is 0 Å². The molecule has 0 unspecified atom stereocenters. The van der Waals surface area contributed by atoms with E-state index in [0.29, 0.717) is 0 Å². The molecule has 0 atom stereocenters. The predicted octanol–water partition coefficient (Wildman–Crippen LogP) is -8.49. The fourth-order valence-electron chi connectivity index (χ4n) is 0. The van der Waals surface area contributed by atoms with Crippen molar-refractivity contribution in [2.75, 3.05) is 0 Å². The Morgan fingerprint density at radius 1 is 0.245 bits per heavy atom. The summed E-state index contributed by atoms with van der Waals surface area (Å²) in [5.41, 5.74) is 0. The van der Waals surface area contributed by atoms with Crippen LogP contribution in [0.1, 0.15) is 0 Å². The van der Waals surface area contributed by atoms with Crippen LogP contribution < -0.4 is 0 Å². The van der Waals surface area contributed by atoms with E-state index < -0.39 is 117 Å². The molecule has 53 heteroatoms. The molecule has 0 aromatic rings. The third-order valence-electron chi connectivity index (χ3n) is 0. The van der Waals surface area contributed by atoms with Gasteiger partial charge < -0.3 is 127 Å². The summed E-state index contributed by atoms with van der Waals surface area (Å²) < 4.78 is 122. The summed E-state index contributed by atoms with van der Waals surface area (Å²) in [5.74, 6) is 0. The van der Waals surface area contributed by atoms with E-state index in [1.807, 2.05) is 0 Å². The van der Waals surface area contributed by atoms with E-state index in [4.69, 9.17) is 189 Å². The van der Waals surface area contributed by atoms with Crippen molar-refractivity contribution in [3.8, 4) is 0 Å². The summed E-state index contributed by atoms with van der Waals surface area (Å²) in [4.78, 5) is 186. The van der Waals surface area contributed by atoms with Crippen LogP contribution in [0.3, 0.4) is 0 Å². The molecule has 0 heterocycles. The van der Waals surface area contributed by atoms with Gasteiger partial charge in [-0.1, -0.05) is 0 Å². The molecule has 0 saturated heterocycles. The molecule has 26 N–H and O–H groups in total. The van der Waals surface area contributed by atoms with Gasteiger partial charge in [0.2, 0.25) is 0 Å². The number of phosphoric acid groups is 2. The van der Waals surface area contributed by atoms with Gasteiger partial charge in [0, 0.05) is 0 Å². The van der Waals surface area contributed by atoms with E-state index in [-0.39, 0.29) is 0 Å². The molecule has 40 nitrogen and oxygen atoms in total. The second kappa shape index (κ2) is 74.9. The summed E-state index contributed by atoms with van der Waals surface area (Å²) >= 11 is -2.25. The molecule has 0 bridgehead atoms. The summed E-state index contributed by atoms with van der Waals surface area (Å²) in [6.45, 7) is 0. The van der Waals surface area contributed by atoms with Gasteiger partial charge in [-0.15, -0.1) is 0 Å². The molecule has 0 aliphatic carbocycles. The van der Waals surface area contributed by atoms with Crippen molar-refractivity contribution in [3.05, 3.63) is 0 Å². The molecule has 0 aromatic carbocycles. The van der Waals surface area contributed by atoms with Crippen LogP contribution in [-0.2, 0) is 80.1 Å². The van der Waals surface area contributed by atoms with Crippen LogP contribution in [0.4, 0.5) is 0 Å². The zero-order valence-electron chi connectivity index (χ0n) is 23.6. The van der Waals surface area contributed by atoms with Crippen molar-refractivity contribution in [2.24, 2.45) is 0 Å². The minimum atomic E-state index is -4.64. The van der Waals surface area contributed by atoms with Crippen molar-refractivity contribution in [3.63, 3.8) is 0 Å². The van der Waals surface area contributed by atoms with E-state index in [9.17, 15) is 0 Å². The van der Waals surface area contributed by atoms with Crippen LogP contribution in [0.15, 0.2) is 0 Å². The molecule has 0 saturated carbocycles. The standard InChI is InChI=1S/2H3O4P.10H3O3P.2O.W/c2*1-5(2,3)4;10*1-4(2)3;;;/h2*(H3,1,2,3,4);10*4H,(H2,1,2,3);;;. The Balaban J connectivity index is -0.0000000298. The molecule has 0 fully saturated rings. The molecular formula is H36O40P12W. The number of hydrogen-bond acceptors (Lipinski definition) is 14. The van der Waals surface area contributed by atoms with Gasteiger partial charge >= 0.3 is 123 Å². The Labute approximate surface area is 305 Å². The van der Waals surface area contributed by atoms with Gasteiger partial charge in [0.05, 0.1) is 0 Å². The van der Waals surface area contributed by atoms with Crippen molar-refractivity contribution in [2.45, 2.75) is 0 Å². The van der Waals surface area contributed by atoms with Crippen LogP contribution in [-0.4, -0.2) is 127 Å². The summed E-state index contributed by atoms with van der Waals surface area (Å²) in [5, 5.41) is 0. The van der Waals surface area contributed by atoms with E-state index in [2.05, 4.69) is 0 Å². The second-order valence-electron chi connectivity index (χ2n) is 3.92. The van der Waals surface area contributed by atoms with Gasteiger partial charge in [-0.2, -0.15) is 0 Å². The monoisotopic (exact) mass is 1230 g/mol. The first-order valence-corrected chi connectivity index (χ1v) is 27.0. The van der Waals surface area contributed by atoms with Crippen molar-refractivity contribution >= 4 is 98.2 Å². The molecular weight excluding hydrogens is 1200 g/mol. The summed E-state index contributed by atoms with van der Waals surface area (Å²) in [7, 11) is -40.6. The Kier molecular flexibility index (Phi) is 129. The molecule has 0 amide bonds. The molecule has 0 aliphatic heterocycles. The van der Waals surface area contributed by atoms with E-state index in [1.54, 1.807) is 0 Å². The Hall–Kier alpha value is 2.01. The van der Waals surface area contributed by atoms with Gasteiger partial charge in [-0.3, -0.25) is 45.7 Å². The first-order chi connectivity index (χ1) is 22.7. The quantitative estimate of drug-likeness (QED) is 0.100. The van der Waals surface area contributed by atoms with Crippen LogP contribution in [0.25, 0.3) is 0 Å². The zero-order chi connectivity index (χ0) is 47.5. The van der Waals surface area contributed by atoms with Crippen LogP contribution in [0.5, 0.6) is 0 Å². The molecule has 0 radical (unpaired) electrons. The Morgan fingerprint density at radius 2 is 0.245 bits per heavy atom. The first kappa shape index (κ1) is 90.9.